The fraction of sp³-hybridized carbons (Fsp3) is 0.500. The van der Waals surface area contributed by atoms with Gasteiger partial charge in [0.15, 0.2) is 0 Å². The van der Waals surface area contributed by atoms with Crippen LogP contribution in [0.4, 0.5) is 10.1 Å². The monoisotopic (exact) mass is 266 g/mol. The summed E-state index contributed by atoms with van der Waals surface area (Å²) in [7, 11) is 0. The first-order valence-corrected chi connectivity index (χ1v) is 6.51. The van der Waals surface area contributed by atoms with E-state index in [2.05, 4.69) is 18.7 Å². The predicted octanol–water partition coefficient (Wildman–Crippen LogP) is 2.05. The van der Waals surface area contributed by atoms with E-state index in [9.17, 15) is 9.18 Å². The number of hydrogen-bond acceptors (Lipinski definition) is 3. The Morgan fingerprint density at radius 3 is 2.42 bits per heavy atom. The van der Waals surface area contributed by atoms with Crippen molar-refractivity contribution in [3.05, 3.63) is 29.6 Å². The number of halogens is 1. The van der Waals surface area contributed by atoms with Crippen molar-refractivity contribution < 1.29 is 14.3 Å². The average Bonchev–Trinajstić information content (AvgIpc) is 2.38. The maximum Gasteiger partial charge on any atom is 0.337 e. The molecule has 5 heteroatoms. The Kier molecular flexibility index (Phi) is 4.04. The van der Waals surface area contributed by atoms with Gasteiger partial charge < -0.3 is 10.0 Å². The molecule has 104 valence electrons. The predicted molar refractivity (Wildman–Crippen MR) is 72.3 cm³/mol. The van der Waals surface area contributed by atoms with Crippen LogP contribution in [-0.2, 0) is 0 Å². The number of rotatable bonds is 3. The average molecular weight is 266 g/mol. The first-order chi connectivity index (χ1) is 9.00. The van der Waals surface area contributed by atoms with E-state index >= 15 is 0 Å². The summed E-state index contributed by atoms with van der Waals surface area (Å²) >= 11 is 0. The zero-order valence-electron chi connectivity index (χ0n) is 11.3. The molecule has 1 saturated heterocycles. The van der Waals surface area contributed by atoms with Gasteiger partial charge in [-0.15, -0.1) is 0 Å². The number of anilines is 1. The van der Waals surface area contributed by atoms with Crippen LogP contribution in [0.2, 0.25) is 0 Å². The van der Waals surface area contributed by atoms with Crippen LogP contribution in [0.25, 0.3) is 0 Å². The van der Waals surface area contributed by atoms with E-state index < -0.39 is 11.8 Å². The minimum atomic E-state index is -1.08. The molecule has 0 amide bonds. The van der Waals surface area contributed by atoms with E-state index in [1.54, 1.807) is 0 Å². The summed E-state index contributed by atoms with van der Waals surface area (Å²) < 4.78 is 13.9. The molecule has 0 bridgehead atoms. The number of aromatic carboxylic acids is 1. The number of carbonyl (C=O) groups is 1. The second-order valence-electron chi connectivity index (χ2n) is 5.06. The summed E-state index contributed by atoms with van der Waals surface area (Å²) in [5, 5.41) is 9.16. The van der Waals surface area contributed by atoms with Crippen LogP contribution in [0, 0.1) is 5.82 Å². The summed E-state index contributed by atoms with van der Waals surface area (Å²) in [5.74, 6) is -1.54. The number of nitrogens with zero attached hydrogens (tertiary/aromatic N) is 2. The molecule has 19 heavy (non-hydrogen) atoms. The summed E-state index contributed by atoms with van der Waals surface area (Å²) in [4.78, 5) is 15.3. The second kappa shape index (κ2) is 5.57. The summed E-state index contributed by atoms with van der Waals surface area (Å²) in [6, 6.07) is 4.67. The van der Waals surface area contributed by atoms with Crippen LogP contribution < -0.4 is 4.90 Å². The Bertz CT molecular complexity index is 469. The number of carboxylic acid groups (broad SMARTS) is 1. The van der Waals surface area contributed by atoms with Gasteiger partial charge in [0.2, 0.25) is 0 Å². The Morgan fingerprint density at radius 1 is 1.26 bits per heavy atom. The lowest BCUT2D eigenvalue weighted by atomic mass is 10.1. The molecule has 1 aromatic rings. The van der Waals surface area contributed by atoms with Crippen LogP contribution in [0.5, 0.6) is 0 Å². The molecule has 4 nitrogen and oxygen atoms in total. The minimum absolute atomic E-state index is 0.0398. The van der Waals surface area contributed by atoms with Crippen LogP contribution in [0.1, 0.15) is 24.2 Å². The first kappa shape index (κ1) is 13.8. The SMILES string of the molecule is CC(C)N1CCN(c2c(F)cccc2C(=O)O)CC1. The van der Waals surface area contributed by atoms with Gasteiger partial charge in [-0.3, -0.25) is 4.90 Å². The Balaban J connectivity index is 2.22. The highest BCUT2D eigenvalue weighted by molar-refractivity contribution is 5.94. The van der Waals surface area contributed by atoms with Gasteiger partial charge in [0.05, 0.1) is 11.3 Å². The molecule has 1 heterocycles. The third-order valence-electron chi connectivity index (χ3n) is 3.58. The summed E-state index contributed by atoms with van der Waals surface area (Å²) in [6.45, 7) is 7.21. The molecule has 1 aromatic carbocycles. The van der Waals surface area contributed by atoms with E-state index in [0.717, 1.165) is 13.1 Å². The lowest BCUT2D eigenvalue weighted by molar-refractivity contribution is 0.0696. The molecule has 1 fully saturated rings. The molecular weight excluding hydrogens is 247 g/mol. The summed E-state index contributed by atoms with van der Waals surface area (Å²) in [6.07, 6.45) is 0. The third kappa shape index (κ3) is 2.87. The fourth-order valence-corrected chi connectivity index (χ4v) is 2.47. The number of benzene rings is 1. The van der Waals surface area contributed by atoms with E-state index in [1.807, 2.05) is 4.90 Å². The van der Waals surface area contributed by atoms with Crippen molar-refractivity contribution >= 4 is 11.7 Å². The van der Waals surface area contributed by atoms with Gasteiger partial charge in [0.1, 0.15) is 5.82 Å². The van der Waals surface area contributed by atoms with Gasteiger partial charge in [-0.05, 0) is 26.0 Å². The molecule has 2 rings (SSSR count). The van der Waals surface area contributed by atoms with Gasteiger partial charge in [0, 0.05) is 32.2 Å². The first-order valence-electron chi connectivity index (χ1n) is 6.51. The molecule has 0 saturated carbocycles. The molecule has 1 aliphatic rings. The third-order valence-corrected chi connectivity index (χ3v) is 3.58. The van der Waals surface area contributed by atoms with E-state index in [-0.39, 0.29) is 11.3 Å². The van der Waals surface area contributed by atoms with Crippen molar-refractivity contribution in [3.63, 3.8) is 0 Å². The molecule has 0 aliphatic carbocycles. The number of carboxylic acids is 1. The van der Waals surface area contributed by atoms with Crippen molar-refractivity contribution in [3.8, 4) is 0 Å². The quantitative estimate of drug-likeness (QED) is 0.909. The standard InChI is InChI=1S/C14H19FN2O2/c1-10(2)16-6-8-17(9-7-16)13-11(14(18)19)4-3-5-12(13)15/h3-5,10H,6-9H2,1-2H3,(H,18,19). The van der Waals surface area contributed by atoms with Gasteiger partial charge >= 0.3 is 5.97 Å². The molecule has 0 radical (unpaired) electrons. The number of piperazine rings is 1. The molecule has 1 aliphatic heterocycles. The zero-order valence-corrected chi connectivity index (χ0v) is 11.3. The topological polar surface area (TPSA) is 43.8 Å². The molecule has 0 unspecified atom stereocenters. The minimum Gasteiger partial charge on any atom is -0.478 e. The van der Waals surface area contributed by atoms with Crippen molar-refractivity contribution in [2.24, 2.45) is 0 Å². The van der Waals surface area contributed by atoms with Gasteiger partial charge in [0.25, 0.3) is 0 Å². The van der Waals surface area contributed by atoms with Crippen LogP contribution in [-0.4, -0.2) is 48.2 Å². The van der Waals surface area contributed by atoms with Gasteiger partial charge in [-0.25, -0.2) is 9.18 Å². The highest BCUT2D eigenvalue weighted by atomic mass is 19.1. The van der Waals surface area contributed by atoms with E-state index in [0.29, 0.717) is 19.1 Å². The lowest BCUT2D eigenvalue weighted by Gasteiger charge is -2.38. The lowest BCUT2D eigenvalue weighted by Crippen LogP contribution is -2.49. The largest absolute Gasteiger partial charge is 0.478 e. The van der Waals surface area contributed by atoms with Gasteiger partial charge in [-0.2, -0.15) is 0 Å². The van der Waals surface area contributed by atoms with Crippen molar-refractivity contribution in [1.82, 2.24) is 4.90 Å². The number of para-hydroxylation sites is 1. The highest BCUT2D eigenvalue weighted by Gasteiger charge is 2.24. The molecule has 0 spiro atoms. The normalized spacial score (nSPS) is 16.9. The van der Waals surface area contributed by atoms with Crippen LogP contribution in [0.3, 0.4) is 0 Å². The highest BCUT2D eigenvalue weighted by Crippen LogP contribution is 2.26. The van der Waals surface area contributed by atoms with Crippen LogP contribution in [0.15, 0.2) is 18.2 Å². The molecule has 1 N–H and O–H groups in total. The van der Waals surface area contributed by atoms with E-state index in [1.165, 1.54) is 18.2 Å². The van der Waals surface area contributed by atoms with Crippen molar-refractivity contribution in [2.75, 3.05) is 31.1 Å². The smallest absolute Gasteiger partial charge is 0.337 e. The molecular formula is C14H19FN2O2. The fourth-order valence-electron chi connectivity index (χ4n) is 2.47. The summed E-state index contributed by atoms with van der Waals surface area (Å²) in [5.41, 5.74) is 0.261. The van der Waals surface area contributed by atoms with Crippen molar-refractivity contribution in [1.29, 1.82) is 0 Å². The Hall–Kier alpha value is -1.62. The maximum atomic E-state index is 13.9. The Labute approximate surface area is 112 Å². The second-order valence-corrected chi connectivity index (χ2v) is 5.06. The van der Waals surface area contributed by atoms with Crippen molar-refractivity contribution in [2.45, 2.75) is 19.9 Å². The van der Waals surface area contributed by atoms with E-state index in [4.69, 9.17) is 5.11 Å². The molecule has 0 aromatic heterocycles. The van der Waals surface area contributed by atoms with Crippen LogP contribution >= 0.6 is 0 Å². The number of hydrogen-bond donors (Lipinski definition) is 1. The zero-order chi connectivity index (χ0) is 14.0. The molecule has 0 atom stereocenters. The Morgan fingerprint density at radius 2 is 1.89 bits per heavy atom. The maximum absolute atomic E-state index is 13.9. The van der Waals surface area contributed by atoms with Gasteiger partial charge in [-0.1, -0.05) is 6.07 Å².